The molecule has 1 aliphatic rings. The third-order valence-electron chi connectivity index (χ3n) is 3.45. The van der Waals surface area contributed by atoms with Gasteiger partial charge in [-0.15, -0.1) is 0 Å². The van der Waals surface area contributed by atoms with E-state index in [9.17, 15) is 4.79 Å². The number of para-hydroxylation sites is 1. The van der Waals surface area contributed by atoms with Crippen LogP contribution < -0.4 is 4.90 Å². The van der Waals surface area contributed by atoms with Crippen LogP contribution in [0.15, 0.2) is 24.3 Å². The average Bonchev–Trinajstić information content (AvgIpc) is 2.64. The smallest absolute Gasteiger partial charge is 0.303 e. The number of fused-ring (bicyclic) bond motifs is 1. The molecule has 1 aliphatic heterocycles. The monoisotopic (exact) mass is 247 g/mol. The van der Waals surface area contributed by atoms with Crippen molar-refractivity contribution in [1.29, 1.82) is 0 Å². The fourth-order valence-electron chi connectivity index (χ4n) is 2.71. The summed E-state index contributed by atoms with van der Waals surface area (Å²) in [6.45, 7) is 5.41. The number of rotatable bonds is 5. The first kappa shape index (κ1) is 12.9. The van der Waals surface area contributed by atoms with Gasteiger partial charge in [-0.05, 0) is 30.4 Å². The van der Waals surface area contributed by atoms with Crippen molar-refractivity contribution in [3.8, 4) is 0 Å². The van der Waals surface area contributed by atoms with Gasteiger partial charge < -0.3 is 10.0 Å². The van der Waals surface area contributed by atoms with E-state index >= 15 is 0 Å². The van der Waals surface area contributed by atoms with Crippen molar-refractivity contribution in [3.63, 3.8) is 0 Å². The highest BCUT2D eigenvalue weighted by Gasteiger charge is 2.29. The molecule has 98 valence electrons. The molecule has 3 heteroatoms. The number of nitrogens with zero attached hydrogens (tertiary/aromatic N) is 1. The lowest BCUT2D eigenvalue weighted by molar-refractivity contribution is -0.137. The summed E-state index contributed by atoms with van der Waals surface area (Å²) >= 11 is 0. The molecular weight excluding hydrogens is 226 g/mol. The van der Waals surface area contributed by atoms with Gasteiger partial charge in [-0.25, -0.2) is 0 Å². The molecule has 0 bridgehead atoms. The molecular formula is C15H21NO2. The normalized spacial score (nSPS) is 18.2. The predicted octanol–water partition coefficient (Wildman–Crippen LogP) is 2.94. The zero-order valence-electron chi connectivity index (χ0n) is 11.1. The van der Waals surface area contributed by atoms with Crippen LogP contribution >= 0.6 is 0 Å². The summed E-state index contributed by atoms with van der Waals surface area (Å²) in [5.74, 6) is -0.112. The van der Waals surface area contributed by atoms with E-state index in [1.807, 2.05) is 0 Å². The molecule has 1 atom stereocenters. The van der Waals surface area contributed by atoms with Crippen LogP contribution in [0.5, 0.6) is 0 Å². The van der Waals surface area contributed by atoms with Gasteiger partial charge >= 0.3 is 5.97 Å². The van der Waals surface area contributed by atoms with Crippen LogP contribution in [0, 0.1) is 5.92 Å². The van der Waals surface area contributed by atoms with E-state index in [-0.39, 0.29) is 6.42 Å². The standard InChI is InChI=1S/C15H21NO2/c1-11(2)10-16-13(7-8-15(17)18)9-12-5-3-4-6-14(12)16/h3-6,11,13H,7-10H2,1-2H3,(H,17,18). The number of carboxylic acid groups (broad SMARTS) is 1. The van der Waals surface area contributed by atoms with Gasteiger partial charge in [-0.2, -0.15) is 0 Å². The third kappa shape index (κ3) is 2.84. The van der Waals surface area contributed by atoms with Crippen molar-refractivity contribution in [2.75, 3.05) is 11.4 Å². The van der Waals surface area contributed by atoms with Crippen LogP contribution in [0.25, 0.3) is 0 Å². The second-order valence-corrected chi connectivity index (χ2v) is 5.47. The molecule has 0 radical (unpaired) electrons. The largest absolute Gasteiger partial charge is 0.481 e. The fraction of sp³-hybridized carbons (Fsp3) is 0.533. The summed E-state index contributed by atoms with van der Waals surface area (Å²) in [5.41, 5.74) is 2.65. The number of hydrogen-bond acceptors (Lipinski definition) is 2. The lowest BCUT2D eigenvalue weighted by atomic mass is 10.1. The Morgan fingerprint density at radius 3 is 2.83 bits per heavy atom. The maximum atomic E-state index is 10.7. The lowest BCUT2D eigenvalue weighted by Gasteiger charge is -2.29. The molecule has 0 fully saturated rings. The molecule has 0 aromatic heterocycles. The molecule has 0 saturated carbocycles. The highest BCUT2D eigenvalue weighted by molar-refractivity contribution is 5.67. The summed E-state index contributed by atoms with van der Waals surface area (Å²) in [5, 5.41) is 8.84. The van der Waals surface area contributed by atoms with Crippen LogP contribution in [0.3, 0.4) is 0 Å². The quantitative estimate of drug-likeness (QED) is 0.869. The Hall–Kier alpha value is -1.51. The van der Waals surface area contributed by atoms with Gasteiger partial charge in [-0.1, -0.05) is 32.0 Å². The highest BCUT2D eigenvalue weighted by atomic mass is 16.4. The van der Waals surface area contributed by atoms with E-state index in [1.54, 1.807) is 0 Å². The second kappa shape index (κ2) is 5.42. The van der Waals surface area contributed by atoms with Gasteiger partial charge in [0.2, 0.25) is 0 Å². The van der Waals surface area contributed by atoms with Crippen LogP contribution in [-0.4, -0.2) is 23.7 Å². The minimum absolute atomic E-state index is 0.257. The number of carboxylic acids is 1. The second-order valence-electron chi connectivity index (χ2n) is 5.47. The summed E-state index contributed by atoms with van der Waals surface area (Å²) in [7, 11) is 0. The average molecular weight is 247 g/mol. The molecule has 1 aromatic rings. The number of aliphatic carboxylic acids is 1. The molecule has 0 aliphatic carbocycles. The summed E-state index contributed by atoms with van der Waals surface area (Å²) in [4.78, 5) is 13.1. The molecule has 1 unspecified atom stereocenters. The van der Waals surface area contributed by atoms with Crippen molar-refractivity contribution in [1.82, 2.24) is 0 Å². The first-order valence-electron chi connectivity index (χ1n) is 6.64. The van der Waals surface area contributed by atoms with E-state index in [0.29, 0.717) is 12.0 Å². The molecule has 1 N–H and O–H groups in total. The first-order valence-corrected chi connectivity index (χ1v) is 6.64. The SMILES string of the molecule is CC(C)CN1c2ccccc2CC1CCC(=O)O. The van der Waals surface area contributed by atoms with Crippen LogP contribution in [-0.2, 0) is 11.2 Å². The van der Waals surface area contributed by atoms with E-state index in [4.69, 9.17) is 5.11 Å². The highest BCUT2D eigenvalue weighted by Crippen LogP contribution is 2.34. The summed E-state index contributed by atoms with van der Waals surface area (Å²) in [6.07, 6.45) is 1.97. The topological polar surface area (TPSA) is 40.5 Å². The zero-order valence-corrected chi connectivity index (χ0v) is 11.1. The van der Waals surface area contributed by atoms with Gasteiger partial charge in [0.15, 0.2) is 0 Å². The minimum atomic E-state index is -0.699. The molecule has 0 amide bonds. The Morgan fingerprint density at radius 1 is 1.44 bits per heavy atom. The molecule has 1 heterocycles. The fourth-order valence-corrected chi connectivity index (χ4v) is 2.71. The number of hydrogen-bond donors (Lipinski definition) is 1. The van der Waals surface area contributed by atoms with Crippen molar-refractivity contribution in [2.45, 2.75) is 39.2 Å². The molecule has 2 rings (SSSR count). The van der Waals surface area contributed by atoms with Crippen LogP contribution in [0.1, 0.15) is 32.3 Å². The number of benzene rings is 1. The van der Waals surface area contributed by atoms with Crippen molar-refractivity contribution < 1.29 is 9.90 Å². The minimum Gasteiger partial charge on any atom is -0.481 e. The Bertz CT molecular complexity index is 428. The molecule has 3 nitrogen and oxygen atoms in total. The lowest BCUT2D eigenvalue weighted by Crippen LogP contribution is -2.35. The van der Waals surface area contributed by atoms with Crippen LogP contribution in [0.4, 0.5) is 5.69 Å². The van der Waals surface area contributed by atoms with E-state index < -0.39 is 5.97 Å². The first-order chi connectivity index (χ1) is 8.58. The van der Waals surface area contributed by atoms with Gasteiger partial charge in [0.05, 0.1) is 0 Å². The Kier molecular flexibility index (Phi) is 3.90. The van der Waals surface area contributed by atoms with Gasteiger partial charge in [0.1, 0.15) is 0 Å². The van der Waals surface area contributed by atoms with Gasteiger partial charge in [0, 0.05) is 24.7 Å². The molecule has 0 saturated heterocycles. The van der Waals surface area contributed by atoms with Gasteiger partial charge in [-0.3, -0.25) is 4.79 Å². The Morgan fingerprint density at radius 2 is 2.17 bits per heavy atom. The molecule has 1 aromatic carbocycles. The van der Waals surface area contributed by atoms with Crippen LogP contribution in [0.2, 0.25) is 0 Å². The Balaban J connectivity index is 2.14. The van der Waals surface area contributed by atoms with Gasteiger partial charge in [0.25, 0.3) is 0 Å². The summed E-state index contributed by atoms with van der Waals surface area (Å²) in [6, 6.07) is 8.78. The Labute approximate surface area is 108 Å². The van der Waals surface area contributed by atoms with Crippen molar-refractivity contribution in [3.05, 3.63) is 29.8 Å². The zero-order chi connectivity index (χ0) is 13.1. The molecule has 0 spiro atoms. The maximum Gasteiger partial charge on any atom is 0.303 e. The van der Waals surface area contributed by atoms with E-state index in [2.05, 4.69) is 43.0 Å². The van der Waals surface area contributed by atoms with Crippen molar-refractivity contribution >= 4 is 11.7 Å². The number of anilines is 1. The van der Waals surface area contributed by atoms with E-state index in [1.165, 1.54) is 11.3 Å². The maximum absolute atomic E-state index is 10.7. The van der Waals surface area contributed by atoms with E-state index in [0.717, 1.165) is 19.4 Å². The third-order valence-corrected chi connectivity index (χ3v) is 3.45. The summed E-state index contributed by atoms with van der Waals surface area (Å²) < 4.78 is 0. The molecule has 18 heavy (non-hydrogen) atoms. The van der Waals surface area contributed by atoms with Crippen molar-refractivity contribution in [2.24, 2.45) is 5.92 Å². The number of carbonyl (C=O) groups is 1. The predicted molar refractivity (Wildman–Crippen MR) is 73.0 cm³/mol.